The predicted octanol–water partition coefficient (Wildman–Crippen LogP) is 3.75. The van der Waals surface area contributed by atoms with E-state index in [4.69, 9.17) is 0 Å². The maximum atomic E-state index is 13.5. The number of hydrogen-bond donors (Lipinski definition) is 2. The number of amides is 2. The number of hydrogen-bond acceptors (Lipinski definition) is 2. The van der Waals surface area contributed by atoms with Crippen LogP contribution in [-0.4, -0.2) is 12.6 Å². The fourth-order valence-electron chi connectivity index (χ4n) is 1.72. The smallest absolute Gasteiger partial charge is 0.387 e. The second kappa shape index (κ2) is 7.35. The highest BCUT2D eigenvalue weighted by atomic mass is 19.3. The SMILES string of the molecule is O=C(NCc1ccccc1)Nc1ccc(OC(F)F)c(F)c1. The maximum absolute atomic E-state index is 13.5. The molecule has 0 heterocycles. The van der Waals surface area contributed by atoms with Crippen LogP contribution in [-0.2, 0) is 6.54 Å². The maximum Gasteiger partial charge on any atom is 0.387 e. The zero-order valence-corrected chi connectivity index (χ0v) is 11.4. The summed E-state index contributed by atoms with van der Waals surface area (Å²) in [4.78, 5) is 11.7. The fraction of sp³-hybridized carbons (Fsp3) is 0.133. The number of nitrogens with one attached hydrogen (secondary N) is 2. The molecule has 0 aromatic heterocycles. The highest BCUT2D eigenvalue weighted by Crippen LogP contribution is 2.22. The molecule has 0 aliphatic carbocycles. The van der Waals surface area contributed by atoms with E-state index < -0.39 is 24.2 Å². The van der Waals surface area contributed by atoms with Gasteiger partial charge in [0.1, 0.15) is 0 Å². The van der Waals surface area contributed by atoms with Crippen molar-refractivity contribution in [3.8, 4) is 5.75 Å². The van der Waals surface area contributed by atoms with Crippen molar-refractivity contribution in [1.29, 1.82) is 0 Å². The molecule has 2 amide bonds. The Labute approximate surface area is 124 Å². The van der Waals surface area contributed by atoms with Crippen LogP contribution >= 0.6 is 0 Å². The molecule has 0 aliphatic rings. The lowest BCUT2D eigenvalue weighted by molar-refractivity contribution is -0.0521. The summed E-state index contributed by atoms with van der Waals surface area (Å²) >= 11 is 0. The highest BCUT2D eigenvalue weighted by Gasteiger charge is 2.11. The van der Waals surface area contributed by atoms with Crippen molar-refractivity contribution >= 4 is 11.7 Å². The Balaban J connectivity index is 1.90. The third kappa shape index (κ3) is 4.69. The highest BCUT2D eigenvalue weighted by molar-refractivity contribution is 5.89. The lowest BCUT2D eigenvalue weighted by Crippen LogP contribution is -2.28. The second-order valence-electron chi connectivity index (χ2n) is 4.32. The lowest BCUT2D eigenvalue weighted by Gasteiger charge is -2.10. The van der Waals surface area contributed by atoms with E-state index in [-0.39, 0.29) is 5.69 Å². The molecule has 4 nitrogen and oxygen atoms in total. The molecule has 0 atom stereocenters. The molecule has 0 radical (unpaired) electrons. The largest absolute Gasteiger partial charge is 0.432 e. The summed E-state index contributed by atoms with van der Waals surface area (Å²) in [5.41, 5.74) is 1.04. The molecule has 0 unspecified atom stereocenters. The van der Waals surface area contributed by atoms with Crippen LogP contribution in [0.25, 0.3) is 0 Å². The standard InChI is InChI=1S/C15H13F3N2O2/c16-12-8-11(6-7-13(12)22-14(17)18)20-15(21)19-9-10-4-2-1-3-5-10/h1-8,14H,9H2,(H2,19,20,21). The number of benzene rings is 2. The van der Waals surface area contributed by atoms with E-state index in [9.17, 15) is 18.0 Å². The van der Waals surface area contributed by atoms with Gasteiger partial charge in [0.15, 0.2) is 11.6 Å². The first-order valence-corrected chi connectivity index (χ1v) is 6.38. The molecule has 0 fully saturated rings. The molecule has 0 spiro atoms. The number of urea groups is 1. The Hall–Kier alpha value is -2.70. The Morgan fingerprint density at radius 2 is 1.86 bits per heavy atom. The Morgan fingerprint density at radius 1 is 1.14 bits per heavy atom. The van der Waals surface area contributed by atoms with Crippen molar-refractivity contribution in [2.75, 3.05) is 5.32 Å². The molecule has 2 rings (SSSR count). The van der Waals surface area contributed by atoms with Crippen molar-refractivity contribution in [2.45, 2.75) is 13.2 Å². The number of carbonyl (C=O) groups is 1. The van der Waals surface area contributed by atoms with Gasteiger partial charge in [0.2, 0.25) is 0 Å². The Bertz CT molecular complexity index is 636. The number of carbonyl (C=O) groups excluding carboxylic acids is 1. The van der Waals surface area contributed by atoms with E-state index >= 15 is 0 Å². The molecular weight excluding hydrogens is 297 g/mol. The van der Waals surface area contributed by atoms with Crippen molar-refractivity contribution in [3.05, 3.63) is 59.9 Å². The number of rotatable bonds is 5. The van der Waals surface area contributed by atoms with Gasteiger partial charge in [-0.1, -0.05) is 30.3 Å². The van der Waals surface area contributed by atoms with Gasteiger partial charge in [0.05, 0.1) is 0 Å². The van der Waals surface area contributed by atoms with E-state index in [1.165, 1.54) is 6.07 Å². The third-order valence-electron chi connectivity index (χ3n) is 2.70. The summed E-state index contributed by atoms with van der Waals surface area (Å²) in [7, 11) is 0. The zero-order valence-electron chi connectivity index (χ0n) is 11.4. The van der Waals surface area contributed by atoms with E-state index in [1.54, 1.807) is 0 Å². The van der Waals surface area contributed by atoms with Gasteiger partial charge in [-0.3, -0.25) is 0 Å². The number of ether oxygens (including phenoxy) is 1. The molecule has 0 saturated heterocycles. The van der Waals surface area contributed by atoms with Crippen molar-refractivity contribution in [3.63, 3.8) is 0 Å². The van der Waals surface area contributed by atoms with Crippen LogP contribution in [0.15, 0.2) is 48.5 Å². The summed E-state index contributed by atoms with van der Waals surface area (Å²) < 4.78 is 41.5. The number of halogens is 3. The second-order valence-corrected chi connectivity index (χ2v) is 4.32. The minimum absolute atomic E-state index is 0.129. The van der Waals surface area contributed by atoms with Gasteiger partial charge in [-0.15, -0.1) is 0 Å². The molecule has 22 heavy (non-hydrogen) atoms. The number of anilines is 1. The van der Waals surface area contributed by atoms with Gasteiger partial charge in [-0.25, -0.2) is 9.18 Å². The average Bonchev–Trinajstić information content (AvgIpc) is 2.49. The van der Waals surface area contributed by atoms with Gasteiger partial charge in [-0.2, -0.15) is 8.78 Å². The van der Waals surface area contributed by atoms with Crippen LogP contribution in [0.2, 0.25) is 0 Å². The molecule has 0 saturated carbocycles. The Morgan fingerprint density at radius 3 is 2.50 bits per heavy atom. The molecule has 0 bridgehead atoms. The predicted molar refractivity (Wildman–Crippen MR) is 75.3 cm³/mol. The molecular formula is C15H13F3N2O2. The van der Waals surface area contributed by atoms with Crippen LogP contribution in [0.4, 0.5) is 23.7 Å². The van der Waals surface area contributed by atoms with Gasteiger partial charge >= 0.3 is 12.6 Å². The first kappa shape index (κ1) is 15.7. The molecule has 116 valence electrons. The summed E-state index contributed by atoms with van der Waals surface area (Å²) in [6.45, 7) is -2.80. The van der Waals surface area contributed by atoms with Crippen LogP contribution in [0.1, 0.15) is 5.56 Å². The molecule has 2 N–H and O–H groups in total. The summed E-state index contributed by atoms with van der Waals surface area (Å²) in [6, 6.07) is 11.9. The summed E-state index contributed by atoms with van der Waals surface area (Å²) in [5.74, 6) is -1.56. The van der Waals surface area contributed by atoms with Gasteiger partial charge in [-0.05, 0) is 17.7 Å². The zero-order chi connectivity index (χ0) is 15.9. The van der Waals surface area contributed by atoms with Gasteiger partial charge in [0, 0.05) is 18.3 Å². The summed E-state index contributed by atoms with van der Waals surface area (Å²) in [6.07, 6.45) is 0. The first-order chi connectivity index (χ1) is 10.5. The quantitative estimate of drug-likeness (QED) is 0.883. The van der Waals surface area contributed by atoms with E-state index in [2.05, 4.69) is 15.4 Å². The van der Waals surface area contributed by atoms with Crippen molar-refractivity contribution in [2.24, 2.45) is 0 Å². The van der Waals surface area contributed by atoms with Gasteiger partial charge in [0.25, 0.3) is 0 Å². The average molecular weight is 310 g/mol. The normalized spacial score (nSPS) is 10.4. The van der Waals surface area contributed by atoms with E-state index in [0.717, 1.165) is 17.7 Å². The molecule has 7 heteroatoms. The molecule has 0 aliphatic heterocycles. The lowest BCUT2D eigenvalue weighted by atomic mass is 10.2. The third-order valence-corrected chi connectivity index (χ3v) is 2.70. The van der Waals surface area contributed by atoms with Gasteiger partial charge < -0.3 is 15.4 Å². The first-order valence-electron chi connectivity index (χ1n) is 6.38. The minimum Gasteiger partial charge on any atom is -0.432 e. The van der Waals surface area contributed by atoms with Crippen molar-refractivity contribution in [1.82, 2.24) is 5.32 Å². The molecule has 2 aromatic carbocycles. The monoisotopic (exact) mass is 310 g/mol. The fourth-order valence-corrected chi connectivity index (χ4v) is 1.72. The van der Waals surface area contributed by atoms with Crippen LogP contribution in [0.3, 0.4) is 0 Å². The van der Waals surface area contributed by atoms with Crippen LogP contribution in [0.5, 0.6) is 5.75 Å². The van der Waals surface area contributed by atoms with Crippen LogP contribution in [0, 0.1) is 5.82 Å². The van der Waals surface area contributed by atoms with Crippen molar-refractivity contribution < 1.29 is 22.7 Å². The molecule has 2 aromatic rings. The number of alkyl halides is 2. The van der Waals surface area contributed by atoms with Crippen LogP contribution < -0.4 is 15.4 Å². The summed E-state index contributed by atoms with van der Waals surface area (Å²) in [5, 5.41) is 4.99. The topological polar surface area (TPSA) is 50.4 Å². The van der Waals surface area contributed by atoms with E-state index in [1.807, 2.05) is 30.3 Å². The van der Waals surface area contributed by atoms with E-state index in [0.29, 0.717) is 6.54 Å². The minimum atomic E-state index is -3.11. The Kier molecular flexibility index (Phi) is 5.24.